The molecule has 2 aromatic carbocycles. The van der Waals surface area contributed by atoms with Crippen LogP contribution in [0.15, 0.2) is 60.7 Å². The topological polar surface area (TPSA) is 32.7 Å². The van der Waals surface area contributed by atoms with E-state index in [0.29, 0.717) is 19.8 Å². The third kappa shape index (κ3) is 5.66. The highest BCUT2D eigenvalue weighted by Gasteiger charge is 2.19. The first kappa shape index (κ1) is 19.1. The van der Waals surface area contributed by atoms with Gasteiger partial charge >= 0.3 is 0 Å². The van der Waals surface area contributed by atoms with Crippen LogP contribution in [0.25, 0.3) is 0 Å². The molecule has 0 radical (unpaired) electrons. The van der Waals surface area contributed by atoms with Crippen LogP contribution in [0.3, 0.4) is 0 Å². The Hall–Kier alpha value is -1.68. The molecule has 1 unspecified atom stereocenters. The predicted molar refractivity (Wildman–Crippen MR) is 106 cm³/mol. The monoisotopic (exact) mass is 353 g/mol. The highest BCUT2D eigenvalue weighted by Crippen LogP contribution is 2.25. The first-order valence-corrected chi connectivity index (χ1v) is 9.80. The van der Waals surface area contributed by atoms with Crippen molar-refractivity contribution in [3.05, 3.63) is 71.8 Å². The lowest BCUT2D eigenvalue weighted by Gasteiger charge is -2.31. The van der Waals surface area contributed by atoms with Crippen molar-refractivity contribution in [2.24, 2.45) is 5.92 Å². The van der Waals surface area contributed by atoms with E-state index in [-0.39, 0.29) is 5.92 Å². The largest absolute Gasteiger partial charge is 0.389 e. The number of hydrogen-bond acceptors (Lipinski definition) is 3. The molecule has 26 heavy (non-hydrogen) atoms. The molecule has 140 valence electrons. The Morgan fingerprint density at radius 2 is 1.46 bits per heavy atom. The van der Waals surface area contributed by atoms with Gasteiger partial charge in [0.25, 0.3) is 0 Å². The van der Waals surface area contributed by atoms with Crippen LogP contribution in [-0.4, -0.2) is 49.0 Å². The third-order valence-corrected chi connectivity index (χ3v) is 5.34. The Balaban J connectivity index is 1.52. The highest BCUT2D eigenvalue weighted by molar-refractivity contribution is 5.32. The van der Waals surface area contributed by atoms with Crippen molar-refractivity contribution < 1.29 is 9.84 Å². The molecular weight excluding hydrogens is 322 g/mol. The fourth-order valence-corrected chi connectivity index (χ4v) is 3.67. The minimum absolute atomic E-state index is 0.195. The van der Waals surface area contributed by atoms with Crippen molar-refractivity contribution in [1.82, 2.24) is 4.90 Å². The molecule has 0 amide bonds. The average molecular weight is 354 g/mol. The average Bonchev–Trinajstić information content (AvgIpc) is 2.68. The maximum Gasteiger partial charge on any atom is 0.0900 e. The van der Waals surface area contributed by atoms with Crippen molar-refractivity contribution >= 4 is 0 Å². The zero-order chi connectivity index (χ0) is 18.2. The van der Waals surface area contributed by atoms with Crippen molar-refractivity contribution in [2.45, 2.75) is 31.8 Å². The summed E-state index contributed by atoms with van der Waals surface area (Å²) in [5, 5.41) is 10.4. The number of piperidine rings is 1. The summed E-state index contributed by atoms with van der Waals surface area (Å²) in [4.78, 5) is 2.36. The fourth-order valence-electron chi connectivity index (χ4n) is 3.67. The van der Waals surface area contributed by atoms with Gasteiger partial charge in [0.15, 0.2) is 0 Å². The maximum absolute atomic E-state index is 10.4. The predicted octanol–water partition coefficient (Wildman–Crippen LogP) is 3.93. The smallest absolute Gasteiger partial charge is 0.0900 e. The Labute approximate surface area is 157 Å². The van der Waals surface area contributed by atoms with E-state index in [1.807, 2.05) is 12.1 Å². The molecule has 3 nitrogen and oxygen atoms in total. The molecule has 3 heteroatoms. The molecular formula is C23H31NO2. The second-order valence-electron chi connectivity index (χ2n) is 7.55. The maximum atomic E-state index is 10.4. The summed E-state index contributed by atoms with van der Waals surface area (Å²) in [5.74, 6) is 1.01. The van der Waals surface area contributed by atoms with Crippen LogP contribution in [0.5, 0.6) is 0 Å². The summed E-state index contributed by atoms with van der Waals surface area (Å²) in [7, 11) is 0. The molecule has 0 aliphatic carbocycles. The van der Waals surface area contributed by atoms with Crippen molar-refractivity contribution in [2.75, 3.05) is 32.8 Å². The van der Waals surface area contributed by atoms with Crippen LogP contribution < -0.4 is 0 Å². The van der Waals surface area contributed by atoms with Gasteiger partial charge in [-0.25, -0.2) is 0 Å². The van der Waals surface area contributed by atoms with Gasteiger partial charge in [0, 0.05) is 12.5 Å². The van der Waals surface area contributed by atoms with Crippen LogP contribution >= 0.6 is 0 Å². The number of benzene rings is 2. The zero-order valence-electron chi connectivity index (χ0n) is 15.8. The molecule has 1 aliphatic rings. The molecule has 1 saturated heterocycles. The van der Waals surface area contributed by atoms with E-state index in [9.17, 15) is 5.11 Å². The minimum Gasteiger partial charge on any atom is -0.389 e. The number of ether oxygens (including phenoxy) is 1. The first-order valence-electron chi connectivity index (χ1n) is 9.80. The van der Waals surface area contributed by atoms with Gasteiger partial charge < -0.3 is 14.7 Å². The lowest BCUT2D eigenvalue weighted by atomic mass is 9.92. The van der Waals surface area contributed by atoms with E-state index in [0.717, 1.165) is 19.0 Å². The van der Waals surface area contributed by atoms with Gasteiger partial charge in [0.1, 0.15) is 0 Å². The summed E-state index contributed by atoms with van der Waals surface area (Å²) in [6, 6.07) is 20.9. The van der Waals surface area contributed by atoms with Crippen LogP contribution in [0.2, 0.25) is 0 Å². The number of aliphatic hydroxyl groups excluding tert-OH is 1. The Kier molecular flexibility index (Phi) is 7.24. The normalized spacial score (nSPS) is 17.5. The number of rotatable bonds is 8. The minimum atomic E-state index is -0.421. The van der Waals surface area contributed by atoms with Crippen molar-refractivity contribution in [3.8, 4) is 0 Å². The van der Waals surface area contributed by atoms with E-state index in [1.165, 1.54) is 24.0 Å². The quantitative estimate of drug-likeness (QED) is 0.780. The van der Waals surface area contributed by atoms with E-state index in [2.05, 4.69) is 60.4 Å². The van der Waals surface area contributed by atoms with Crippen LogP contribution in [0.4, 0.5) is 0 Å². The number of hydrogen-bond donors (Lipinski definition) is 1. The van der Waals surface area contributed by atoms with Crippen LogP contribution in [-0.2, 0) is 4.74 Å². The summed E-state index contributed by atoms with van der Waals surface area (Å²) >= 11 is 0. The molecule has 0 bridgehead atoms. The molecule has 0 saturated carbocycles. The molecule has 1 heterocycles. The Morgan fingerprint density at radius 3 is 2.00 bits per heavy atom. The molecule has 2 aromatic rings. The molecule has 0 aromatic heterocycles. The van der Waals surface area contributed by atoms with E-state index >= 15 is 0 Å². The fraction of sp³-hybridized carbons (Fsp3) is 0.478. The van der Waals surface area contributed by atoms with Crippen LogP contribution in [0, 0.1) is 5.92 Å². The van der Waals surface area contributed by atoms with E-state index in [1.54, 1.807) is 0 Å². The lowest BCUT2D eigenvalue weighted by molar-refractivity contribution is 0.00913. The summed E-state index contributed by atoms with van der Waals surface area (Å²) < 4.78 is 5.95. The van der Waals surface area contributed by atoms with Gasteiger partial charge in [-0.05, 0) is 43.0 Å². The first-order chi connectivity index (χ1) is 12.7. The van der Waals surface area contributed by atoms with Crippen molar-refractivity contribution in [1.29, 1.82) is 0 Å². The number of aliphatic hydroxyl groups is 1. The SMILES string of the molecule is CC1CCN(CC(O)COCC(c2ccccc2)c2ccccc2)CC1. The van der Waals surface area contributed by atoms with Crippen LogP contribution in [0.1, 0.15) is 36.8 Å². The number of likely N-dealkylation sites (tertiary alicyclic amines) is 1. The zero-order valence-corrected chi connectivity index (χ0v) is 15.8. The van der Waals surface area contributed by atoms with Gasteiger partial charge in [-0.3, -0.25) is 0 Å². The molecule has 1 atom stereocenters. The van der Waals surface area contributed by atoms with Crippen molar-refractivity contribution in [3.63, 3.8) is 0 Å². The van der Waals surface area contributed by atoms with Gasteiger partial charge in [0.05, 0.1) is 19.3 Å². The van der Waals surface area contributed by atoms with Gasteiger partial charge in [-0.15, -0.1) is 0 Å². The molecule has 0 spiro atoms. The second kappa shape index (κ2) is 9.86. The molecule has 1 N–H and O–H groups in total. The highest BCUT2D eigenvalue weighted by atomic mass is 16.5. The Morgan fingerprint density at radius 1 is 0.923 bits per heavy atom. The number of nitrogens with zero attached hydrogens (tertiary/aromatic N) is 1. The third-order valence-electron chi connectivity index (χ3n) is 5.34. The number of β-amino-alcohol motifs (C(OH)–C–C–N with tert-alkyl or cyclic N) is 1. The summed E-state index contributed by atoms with van der Waals surface area (Å²) in [6.45, 7) is 6.19. The lowest BCUT2D eigenvalue weighted by Crippen LogP contribution is -2.40. The van der Waals surface area contributed by atoms with Gasteiger partial charge in [-0.1, -0.05) is 67.6 Å². The summed E-state index contributed by atoms with van der Waals surface area (Å²) in [5.41, 5.74) is 2.50. The van der Waals surface area contributed by atoms with Gasteiger partial charge in [0.2, 0.25) is 0 Å². The van der Waals surface area contributed by atoms with E-state index < -0.39 is 6.10 Å². The summed E-state index contributed by atoms with van der Waals surface area (Å²) in [6.07, 6.45) is 2.05. The second-order valence-corrected chi connectivity index (χ2v) is 7.55. The molecule has 3 rings (SSSR count). The van der Waals surface area contributed by atoms with Gasteiger partial charge in [-0.2, -0.15) is 0 Å². The molecule has 1 fully saturated rings. The van der Waals surface area contributed by atoms with E-state index in [4.69, 9.17) is 4.74 Å². The standard InChI is InChI=1S/C23H31NO2/c1-19-12-14-24(15-13-19)16-22(25)17-26-18-23(20-8-4-2-5-9-20)21-10-6-3-7-11-21/h2-11,19,22-23,25H,12-18H2,1H3. The Bertz CT molecular complexity index is 584. The molecule has 1 aliphatic heterocycles.